The third-order valence-corrected chi connectivity index (χ3v) is 2.45. The van der Waals surface area contributed by atoms with Crippen LogP contribution in [0.4, 0.5) is 13.2 Å². The maximum absolute atomic E-state index is 11.7. The maximum atomic E-state index is 11.7. The van der Waals surface area contributed by atoms with Crippen molar-refractivity contribution in [1.82, 2.24) is 10.6 Å². The smallest absolute Gasteiger partial charge is 0.372 e. The van der Waals surface area contributed by atoms with Gasteiger partial charge < -0.3 is 15.4 Å². The number of carbonyl (C=O) groups is 1. The first-order valence-corrected chi connectivity index (χ1v) is 5.62. The molecule has 1 unspecified atom stereocenters. The van der Waals surface area contributed by atoms with Crippen LogP contribution in [0.15, 0.2) is 0 Å². The third kappa shape index (κ3) is 7.17. The average molecular weight is 254 g/mol. The van der Waals surface area contributed by atoms with E-state index < -0.39 is 12.8 Å². The summed E-state index contributed by atoms with van der Waals surface area (Å²) in [5, 5.41) is 5.86. The standard InChI is InChI=1S/C10H17F3N2O2/c11-10(12,13)7-17-5-3-9(16)15-6-8-2-1-4-14-8/h8,14H,1-7H2,(H,15,16). The van der Waals surface area contributed by atoms with E-state index in [9.17, 15) is 18.0 Å². The van der Waals surface area contributed by atoms with E-state index in [1.807, 2.05) is 0 Å². The second kappa shape index (κ2) is 6.80. The molecule has 1 aliphatic rings. The van der Waals surface area contributed by atoms with Crippen molar-refractivity contribution >= 4 is 5.91 Å². The number of carbonyl (C=O) groups excluding carboxylic acids is 1. The summed E-state index contributed by atoms with van der Waals surface area (Å²) in [6.07, 6.45) is -2.26. The summed E-state index contributed by atoms with van der Waals surface area (Å²) in [6, 6.07) is 0.287. The lowest BCUT2D eigenvalue weighted by Gasteiger charge is -2.11. The number of hydrogen-bond donors (Lipinski definition) is 2. The van der Waals surface area contributed by atoms with E-state index in [4.69, 9.17) is 0 Å². The third-order valence-electron chi connectivity index (χ3n) is 2.45. The summed E-state index contributed by atoms with van der Waals surface area (Å²) in [4.78, 5) is 11.2. The molecule has 7 heteroatoms. The summed E-state index contributed by atoms with van der Waals surface area (Å²) >= 11 is 0. The van der Waals surface area contributed by atoms with Gasteiger partial charge in [-0.25, -0.2) is 0 Å². The zero-order valence-electron chi connectivity index (χ0n) is 9.48. The monoisotopic (exact) mass is 254 g/mol. The molecular weight excluding hydrogens is 237 g/mol. The molecule has 100 valence electrons. The van der Waals surface area contributed by atoms with Crippen LogP contribution in [0.2, 0.25) is 0 Å². The van der Waals surface area contributed by atoms with E-state index in [2.05, 4.69) is 15.4 Å². The molecule has 0 spiro atoms. The summed E-state index contributed by atoms with van der Waals surface area (Å²) in [7, 11) is 0. The van der Waals surface area contributed by atoms with Crippen molar-refractivity contribution in [3.8, 4) is 0 Å². The van der Waals surface area contributed by atoms with E-state index in [0.29, 0.717) is 6.54 Å². The zero-order chi connectivity index (χ0) is 12.7. The molecule has 0 aromatic carbocycles. The molecule has 0 saturated carbocycles. The summed E-state index contributed by atoms with van der Waals surface area (Å²) in [5.74, 6) is -0.277. The van der Waals surface area contributed by atoms with Crippen LogP contribution in [0.5, 0.6) is 0 Å². The van der Waals surface area contributed by atoms with Gasteiger partial charge in [-0.2, -0.15) is 13.2 Å². The number of ether oxygens (including phenoxy) is 1. The minimum atomic E-state index is -4.33. The Bertz CT molecular complexity index is 240. The lowest BCUT2D eigenvalue weighted by Crippen LogP contribution is -2.37. The van der Waals surface area contributed by atoms with Crippen molar-refractivity contribution in [3.63, 3.8) is 0 Å². The van der Waals surface area contributed by atoms with E-state index in [-0.39, 0.29) is 25.0 Å². The second-order valence-electron chi connectivity index (χ2n) is 4.02. The Morgan fingerprint density at radius 3 is 2.82 bits per heavy atom. The molecule has 1 rings (SSSR count). The van der Waals surface area contributed by atoms with Gasteiger partial charge in [0.1, 0.15) is 6.61 Å². The predicted octanol–water partition coefficient (Wildman–Crippen LogP) is 0.824. The first-order valence-electron chi connectivity index (χ1n) is 5.62. The SMILES string of the molecule is O=C(CCOCC(F)(F)F)NCC1CCCN1. The highest BCUT2D eigenvalue weighted by Crippen LogP contribution is 2.14. The van der Waals surface area contributed by atoms with Gasteiger partial charge in [0.15, 0.2) is 0 Å². The van der Waals surface area contributed by atoms with Crippen LogP contribution in [0, 0.1) is 0 Å². The van der Waals surface area contributed by atoms with Gasteiger partial charge in [-0.1, -0.05) is 0 Å². The fourth-order valence-corrected chi connectivity index (χ4v) is 1.61. The first-order chi connectivity index (χ1) is 7.97. The fourth-order valence-electron chi connectivity index (χ4n) is 1.61. The van der Waals surface area contributed by atoms with Gasteiger partial charge >= 0.3 is 6.18 Å². The van der Waals surface area contributed by atoms with Crippen molar-refractivity contribution < 1.29 is 22.7 Å². The normalized spacial score (nSPS) is 20.5. The lowest BCUT2D eigenvalue weighted by molar-refractivity contribution is -0.174. The molecule has 1 saturated heterocycles. The molecule has 0 bridgehead atoms. The molecule has 0 aromatic rings. The van der Waals surface area contributed by atoms with Crippen molar-refractivity contribution in [3.05, 3.63) is 0 Å². The molecule has 1 amide bonds. The van der Waals surface area contributed by atoms with Crippen LogP contribution in [-0.4, -0.2) is 44.4 Å². The molecule has 1 atom stereocenters. The topological polar surface area (TPSA) is 50.4 Å². The number of halogens is 3. The van der Waals surface area contributed by atoms with Crippen LogP contribution in [0.25, 0.3) is 0 Å². The van der Waals surface area contributed by atoms with E-state index >= 15 is 0 Å². The zero-order valence-corrected chi connectivity index (χ0v) is 9.48. The molecule has 1 fully saturated rings. The molecule has 0 aromatic heterocycles. The van der Waals surface area contributed by atoms with Gasteiger partial charge in [-0.15, -0.1) is 0 Å². The van der Waals surface area contributed by atoms with Crippen LogP contribution in [0.3, 0.4) is 0 Å². The van der Waals surface area contributed by atoms with Crippen molar-refractivity contribution in [2.45, 2.75) is 31.5 Å². The number of rotatable bonds is 6. The van der Waals surface area contributed by atoms with Crippen LogP contribution >= 0.6 is 0 Å². The lowest BCUT2D eigenvalue weighted by atomic mass is 10.2. The van der Waals surface area contributed by atoms with Gasteiger partial charge in [0, 0.05) is 19.0 Å². The molecule has 1 aliphatic heterocycles. The molecule has 4 nitrogen and oxygen atoms in total. The van der Waals surface area contributed by atoms with Crippen molar-refractivity contribution in [2.75, 3.05) is 26.3 Å². The second-order valence-corrected chi connectivity index (χ2v) is 4.02. The molecule has 2 N–H and O–H groups in total. The Hall–Kier alpha value is -0.820. The summed E-state index contributed by atoms with van der Waals surface area (Å²) in [6.45, 7) is -0.0266. The van der Waals surface area contributed by atoms with E-state index in [1.54, 1.807) is 0 Å². The number of nitrogens with one attached hydrogen (secondary N) is 2. The largest absolute Gasteiger partial charge is 0.411 e. The molecule has 17 heavy (non-hydrogen) atoms. The molecule has 0 aliphatic carbocycles. The van der Waals surface area contributed by atoms with Crippen molar-refractivity contribution in [2.24, 2.45) is 0 Å². The van der Waals surface area contributed by atoms with Crippen LogP contribution < -0.4 is 10.6 Å². The molecule has 0 radical (unpaired) electrons. The van der Waals surface area contributed by atoms with E-state index in [1.165, 1.54) is 0 Å². The highest BCUT2D eigenvalue weighted by Gasteiger charge is 2.27. The van der Waals surface area contributed by atoms with E-state index in [0.717, 1.165) is 19.4 Å². The van der Waals surface area contributed by atoms with Gasteiger partial charge in [-0.3, -0.25) is 4.79 Å². The number of alkyl halides is 3. The highest BCUT2D eigenvalue weighted by atomic mass is 19.4. The van der Waals surface area contributed by atoms with Gasteiger partial charge in [-0.05, 0) is 19.4 Å². The van der Waals surface area contributed by atoms with Gasteiger partial charge in [0.05, 0.1) is 6.61 Å². The van der Waals surface area contributed by atoms with Gasteiger partial charge in [0.25, 0.3) is 0 Å². The maximum Gasteiger partial charge on any atom is 0.411 e. The average Bonchev–Trinajstić information content (AvgIpc) is 2.73. The van der Waals surface area contributed by atoms with Crippen LogP contribution in [0.1, 0.15) is 19.3 Å². The Morgan fingerprint density at radius 2 is 2.24 bits per heavy atom. The Balaban J connectivity index is 1.97. The minimum Gasteiger partial charge on any atom is -0.372 e. The quantitative estimate of drug-likeness (QED) is 0.690. The highest BCUT2D eigenvalue weighted by molar-refractivity contribution is 5.75. The molecule has 1 heterocycles. The first kappa shape index (κ1) is 14.2. The molecular formula is C10H17F3N2O2. The van der Waals surface area contributed by atoms with Crippen molar-refractivity contribution in [1.29, 1.82) is 0 Å². The fraction of sp³-hybridized carbons (Fsp3) is 0.900. The van der Waals surface area contributed by atoms with Crippen LogP contribution in [-0.2, 0) is 9.53 Å². The summed E-state index contributed by atoms with van der Waals surface area (Å²) in [5.41, 5.74) is 0. The Labute approximate surface area is 97.9 Å². The Morgan fingerprint density at radius 1 is 1.47 bits per heavy atom. The summed E-state index contributed by atoms with van der Waals surface area (Å²) < 4.78 is 39.4. The minimum absolute atomic E-state index is 0.0389. The Kier molecular flexibility index (Phi) is 5.70. The predicted molar refractivity (Wildman–Crippen MR) is 55.5 cm³/mol. The number of hydrogen-bond acceptors (Lipinski definition) is 3. The van der Waals surface area contributed by atoms with Gasteiger partial charge in [0.2, 0.25) is 5.91 Å². The number of amides is 1.